The fraction of sp³-hybridized carbons (Fsp3) is 0.200. The molecular formula is C15H13ClF2. The second-order valence-corrected chi connectivity index (χ2v) is 4.82. The molecule has 0 radical (unpaired) electrons. The molecule has 2 aromatic carbocycles. The van der Waals surface area contributed by atoms with E-state index >= 15 is 0 Å². The molecule has 1 unspecified atom stereocenters. The molecule has 0 aliphatic carbocycles. The van der Waals surface area contributed by atoms with E-state index < -0.39 is 5.38 Å². The average molecular weight is 267 g/mol. The molecule has 2 rings (SSSR count). The van der Waals surface area contributed by atoms with E-state index in [9.17, 15) is 8.78 Å². The summed E-state index contributed by atoms with van der Waals surface area (Å²) < 4.78 is 26.4. The molecule has 0 saturated heterocycles. The summed E-state index contributed by atoms with van der Waals surface area (Å²) in [7, 11) is 0. The van der Waals surface area contributed by atoms with Crippen molar-refractivity contribution in [2.24, 2.45) is 0 Å². The maximum Gasteiger partial charge on any atom is 0.129 e. The molecule has 0 spiro atoms. The summed E-state index contributed by atoms with van der Waals surface area (Å²) in [5.41, 5.74) is 2.75. The van der Waals surface area contributed by atoms with Crippen LogP contribution in [-0.4, -0.2) is 0 Å². The smallest absolute Gasteiger partial charge is 0.129 e. The quantitative estimate of drug-likeness (QED) is 0.678. The predicted octanol–water partition coefficient (Wildman–Crippen LogP) is 4.91. The number of alkyl halides is 1. The Labute approximate surface area is 110 Å². The Bertz CT molecular complexity index is 538. The SMILES string of the molecule is Cc1cc(C(Cl)c2ccc(F)cc2)cc(C)c1F. The molecule has 0 bridgehead atoms. The minimum absolute atomic E-state index is 0.207. The third kappa shape index (κ3) is 2.54. The van der Waals surface area contributed by atoms with Gasteiger partial charge in [-0.25, -0.2) is 8.78 Å². The van der Waals surface area contributed by atoms with Crippen molar-refractivity contribution in [1.29, 1.82) is 0 Å². The molecule has 2 aromatic rings. The lowest BCUT2D eigenvalue weighted by Gasteiger charge is -2.13. The number of hydrogen-bond donors (Lipinski definition) is 0. The summed E-state index contributed by atoms with van der Waals surface area (Å²) in [4.78, 5) is 0. The van der Waals surface area contributed by atoms with Crippen molar-refractivity contribution >= 4 is 11.6 Å². The van der Waals surface area contributed by atoms with E-state index in [1.807, 2.05) is 0 Å². The van der Waals surface area contributed by atoms with E-state index in [-0.39, 0.29) is 11.6 Å². The molecule has 0 aliphatic heterocycles. The molecule has 0 aromatic heterocycles. The van der Waals surface area contributed by atoms with Crippen molar-refractivity contribution < 1.29 is 8.78 Å². The van der Waals surface area contributed by atoms with Gasteiger partial charge in [0, 0.05) is 0 Å². The van der Waals surface area contributed by atoms with E-state index in [0.29, 0.717) is 11.1 Å². The first-order chi connectivity index (χ1) is 8.49. The predicted molar refractivity (Wildman–Crippen MR) is 70.0 cm³/mol. The highest BCUT2D eigenvalue weighted by Crippen LogP contribution is 2.30. The van der Waals surface area contributed by atoms with Crippen molar-refractivity contribution in [1.82, 2.24) is 0 Å². The lowest BCUT2D eigenvalue weighted by Crippen LogP contribution is -1.97. The van der Waals surface area contributed by atoms with Crippen LogP contribution in [0.1, 0.15) is 27.6 Å². The highest BCUT2D eigenvalue weighted by molar-refractivity contribution is 6.22. The van der Waals surface area contributed by atoms with E-state index in [1.54, 1.807) is 38.1 Å². The van der Waals surface area contributed by atoms with Crippen molar-refractivity contribution in [2.75, 3.05) is 0 Å². The van der Waals surface area contributed by atoms with Crippen LogP contribution in [0.25, 0.3) is 0 Å². The summed E-state index contributed by atoms with van der Waals surface area (Å²) in [6.07, 6.45) is 0. The number of halogens is 3. The Morgan fingerprint density at radius 1 is 0.889 bits per heavy atom. The highest BCUT2D eigenvalue weighted by Gasteiger charge is 2.13. The second-order valence-electron chi connectivity index (χ2n) is 4.38. The third-order valence-corrected chi connectivity index (χ3v) is 3.42. The van der Waals surface area contributed by atoms with Crippen LogP contribution in [0, 0.1) is 25.5 Å². The summed E-state index contributed by atoms with van der Waals surface area (Å²) in [5.74, 6) is -0.504. The minimum Gasteiger partial charge on any atom is -0.207 e. The first-order valence-electron chi connectivity index (χ1n) is 5.65. The van der Waals surface area contributed by atoms with Crippen LogP contribution in [0.2, 0.25) is 0 Å². The lowest BCUT2D eigenvalue weighted by atomic mass is 10.00. The van der Waals surface area contributed by atoms with Crippen LogP contribution in [0.3, 0.4) is 0 Å². The summed E-state index contributed by atoms with van der Waals surface area (Å²) in [5, 5.41) is -0.399. The van der Waals surface area contributed by atoms with Gasteiger partial charge in [0.2, 0.25) is 0 Å². The van der Waals surface area contributed by atoms with E-state index in [1.165, 1.54) is 12.1 Å². The Morgan fingerprint density at radius 3 is 1.89 bits per heavy atom. The van der Waals surface area contributed by atoms with E-state index in [2.05, 4.69) is 0 Å². The first-order valence-corrected chi connectivity index (χ1v) is 6.09. The molecular weight excluding hydrogens is 254 g/mol. The van der Waals surface area contributed by atoms with Gasteiger partial charge in [-0.1, -0.05) is 24.3 Å². The molecule has 0 N–H and O–H groups in total. The van der Waals surface area contributed by atoms with Crippen LogP contribution >= 0.6 is 11.6 Å². The van der Waals surface area contributed by atoms with E-state index in [0.717, 1.165) is 11.1 Å². The molecule has 18 heavy (non-hydrogen) atoms. The number of aryl methyl sites for hydroxylation is 2. The van der Waals surface area contributed by atoms with Gasteiger partial charge < -0.3 is 0 Å². The van der Waals surface area contributed by atoms with Crippen LogP contribution in [0.5, 0.6) is 0 Å². The normalized spacial score (nSPS) is 12.5. The van der Waals surface area contributed by atoms with Gasteiger partial charge in [-0.15, -0.1) is 11.6 Å². The first kappa shape index (κ1) is 13.0. The molecule has 0 amide bonds. The second kappa shape index (κ2) is 5.07. The Kier molecular flexibility index (Phi) is 3.67. The monoisotopic (exact) mass is 266 g/mol. The summed E-state index contributed by atoms with van der Waals surface area (Å²) in [6.45, 7) is 3.42. The molecule has 1 atom stereocenters. The van der Waals surface area contributed by atoms with Crippen LogP contribution in [-0.2, 0) is 0 Å². The van der Waals surface area contributed by atoms with E-state index in [4.69, 9.17) is 11.6 Å². The summed E-state index contributed by atoms with van der Waals surface area (Å²) >= 11 is 6.34. The van der Waals surface area contributed by atoms with Crippen molar-refractivity contribution in [2.45, 2.75) is 19.2 Å². The van der Waals surface area contributed by atoms with Crippen LogP contribution in [0.4, 0.5) is 8.78 Å². The molecule has 0 nitrogen and oxygen atoms in total. The maximum absolute atomic E-state index is 13.5. The fourth-order valence-electron chi connectivity index (χ4n) is 1.95. The van der Waals surface area contributed by atoms with Gasteiger partial charge in [-0.3, -0.25) is 0 Å². The Balaban J connectivity index is 2.39. The van der Waals surface area contributed by atoms with Crippen molar-refractivity contribution in [3.05, 3.63) is 70.3 Å². The van der Waals surface area contributed by atoms with Crippen molar-refractivity contribution in [3.8, 4) is 0 Å². The fourth-order valence-corrected chi connectivity index (χ4v) is 2.22. The zero-order chi connectivity index (χ0) is 13.3. The lowest BCUT2D eigenvalue weighted by molar-refractivity contribution is 0.608. The Hall–Kier alpha value is -1.41. The molecule has 3 heteroatoms. The molecule has 0 aliphatic rings. The topological polar surface area (TPSA) is 0 Å². The maximum atomic E-state index is 13.5. The standard InChI is InChI=1S/C15H13ClF2/c1-9-7-12(8-10(2)15(9)18)14(16)11-3-5-13(17)6-4-11/h3-8,14H,1-2H3. The highest BCUT2D eigenvalue weighted by atomic mass is 35.5. The van der Waals surface area contributed by atoms with Crippen molar-refractivity contribution in [3.63, 3.8) is 0 Å². The van der Waals surface area contributed by atoms with Gasteiger partial charge in [0.15, 0.2) is 0 Å². The van der Waals surface area contributed by atoms with Gasteiger partial charge in [0.05, 0.1) is 5.38 Å². The number of rotatable bonds is 2. The van der Waals surface area contributed by atoms with Crippen LogP contribution < -0.4 is 0 Å². The number of hydrogen-bond acceptors (Lipinski definition) is 0. The van der Waals surface area contributed by atoms with Gasteiger partial charge in [0.25, 0.3) is 0 Å². The zero-order valence-electron chi connectivity index (χ0n) is 10.2. The van der Waals surface area contributed by atoms with Gasteiger partial charge in [-0.2, -0.15) is 0 Å². The van der Waals surface area contributed by atoms with Gasteiger partial charge >= 0.3 is 0 Å². The summed E-state index contributed by atoms with van der Waals surface area (Å²) in [6, 6.07) is 9.47. The van der Waals surface area contributed by atoms with Gasteiger partial charge in [-0.05, 0) is 48.2 Å². The largest absolute Gasteiger partial charge is 0.207 e. The average Bonchev–Trinajstić information content (AvgIpc) is 2.35. The molecule has 0 saturated carbocycles. The number of benzene rings is 2. The minimum atomic E-state index is -0.399. The molecule has 94 valence electrons. The third-order valence-electron chi connectivity index (χ3n) is 2.91. The molecule has 0 heterocycles. The molecule has 0 fully saturated rings. The van der Waals surface area contributed by atoms with Gasteiger partial charge in [0.1, 0.15) is 11.6 Å². The zero-order valence-corrected chi connectivity index (χ0v) is 10.9. The van der Waals surface area contributed by atoms with Crippen LogP contribution in [0.15, 0.2) is 36.4 Å². The Morgan fingerprint density at radius 2 is 1.39 bits per heavy atom.